The largest absolute Gasteiger partial charge is 1.00 e. The van der Waals surface area contributed by atoms with Gasteiger partial charge in [0.25, 0.3) is 6.33 Å². The molecule has 506 valence electrons. The number of aromatic nitrogens is 11. The topological polar surface area (TPSA) is 263 Å². The van der Waals surface area contributed by atoms with Crippen LogP contribution in [0, 0.1) is 0 Å². The van der Waals surface area contributed by atoms with Gasteiger partial charge in [-0.15, -0.1) is 81.5 Å². The lowest BCUT2D eigenvalue weighted by molar-refractivity contribution is -0.670. The molecular weight excluding hydrogens is 1640 g/mol. The van der Waals surface area contributed by atoms with Gasteiger partial charge in [-0.25, -0.2) is 63.4 Å². The Kier molecular flexibility index (Phi) is 42.7. The highest BCUT2D eigenvalue weighted by atomic mass is 127. The number of urea groups is 1. The third kappa shape index (κ3) is 30.3. The number of imidazole rings is 3. The first-order valence-corrected chi connectivity index (χ1v) is 36.0. The van der Waals surface area contributed by atoms with Crippen molar-refractivity contribution < 1.29 is 58.6 Å². The van der Waals surface area contributed by atoms with E-state index in [0.29, 0.717) is 80.2 Å². The fraction of sp³-hybridized carbons (Fsp3) is 0.500. The number of carbonyl (C=O) groups is 5. The van der Waals surface area contributed by atoms with Gasteiger partial charge in [0.15, 0.2) is 0 Å². The minimum absolute atomic E-state index is 0. The average Bonchev–Trinajstić information content (AvgIpc) is 3.61. The van der Waals surface area contributed by atoms with E-state index in [1.807, 2.05) is 72.2 Å². The van der Waals surface area contributed by atoms with E-state index >= 15 is 0 Å². The smallest absolute Gasteiger partial charge is 0.415 e. The van der Waals surface area contributed by atoms with Gasteiger partial charge in [0.05, 0.1) is 93.3 Å². The fourth-order valence-electron chi connectivity index (χ4n) is 7.12. The van der Waals surface area contributed by atoms with Crippen LogP contribution in [0.5, 0.6) is 0 Å². The third-order valence-electron chi connectivity index (χ3n) is 11.8. The van der Waals surface area contributed by atoms with Crippen LogP contribution in [0.25, 0.3) is 0 Å². The number of amides is 5. The summed E-state index contributed by atoms with van der Waals surface area (Å²) in [5, 5.41) is 21.0. The van der Waals surface area contributed by atoms with E-state index in [-0.39, 0.29) is 78.9 Å². The Hall–Kier alpha value is -4.34. The highest BCUT2D eigenvalue weighted by Crippen LogP contribution is 2.24. The highest BCUT2D eigenvalue weighted by molar-refractivity contribution is 14.1. The third-order valence-corrected chi connectivity index (χ3v) is 17.8. The molecule has 0 bridgehead atoms. The van der Waals surface area contributed by atoms with Gasteiger partial charge in [0, 0.05) is 117 Å². The van der Waals surface area contributed by atoms with Crippen LogP contribution < -0.4 is 44.9 Å². The molecule has 5 amide bonds. The summed E-state index contributed by atoms with van der Waals surface area (Å²) in [5.41, 5.74) is 10.1. The molecule has 8 aromatic rings. The summed E-state index contributed by atoms with van der Waals surface area (Å²) >= 11 is 12.3. The van der Waals surface area contributed by atoms with Crippen molar-refractivity contribution >= 4 is 157 Å². The second-order valence-corrected chi connectivity index (χ2v) is 25.5. The lowest BCUT2D eigenvalue weighted by Crippen LogP contribution is -3.00. The quantitative estimate of drug-likeness (QED) is 0.0373. The van der Waals surface area contributed by atoms with Crippen LogP contribution in [0.4, 0.5) is 19.2 Å². The highest BCUT2D eigenvalue weighted by Gasteiger charge is 2.29. The molecule has 0 unspecified atom stereocenters. The Morgan fingerprint density at radius 1 is 0.648 bits per heavy atom. The maximum Gasteiger partial charge on any atom is 0.415 e. The van der Waals surface area contributed by atoms with Crippen LogP contribution in [-0.4, -0.2) is 137 Å². The van der Waals surface area contributed by atoms with E-state index in [4.69, 9.17) is 11.8 Å². The predicted molar refractivity (Wildman–Crippen MR) is 385 cm³/mol. The molecule has 91 heavy (non-hydrogen) atoms. The normalized spacial score (nSPS) is 11.9. The Bertz CT molecular complexity index is 3320. The van der Waals surface area contributed by atoms with E-state index in [0.717, 1.165) is 48.5 Å². The summed E-state index contributed by atoms with van der Waals surface area (Å²) in [4.78, 5) is 96.2. The van der Waals surface area contributed by atoms with E-state index < -0.39 is 6.04 Å². The Balaban J connectivity index is 0.00000111. The second kappa shape index (κ2) is 45.9. The van der Waals surface area contributed by atoms with E-state index in [2.05, 4.69) is 137 Å². The standard InChI is InChI=1S/C13H19N4OS.C13H19N3O3S.C12H16N4OS.C11H14N4OS.C7H12N2S.2CH3I.2ClH.HI/c1-10(2)12-14-11(8-19-12)7-16(4)13(18)17-6-5-15(3)9-17;1-8(2)11-14-9(7-20-11)6-16(3)13(18)15-10-4-5-19-12(10)17;1-9(2)11-14-10(7-18-11)6-15(3)12(17)16-5-4-13-8-16;1-8(2)10-14-9(6-17-10)5-13-11(16)15-4-3-12-7-15;1-5(2)7-9-6(3-8)4-10-7;2*1-2;;;/h5-6,8-10H,7H2,1-4H3;7-8,10H,4-6H2,1-3H3,(H,15,18);4-5,7-9H,6H2,1-3H3;3-4,6-8H,5H2,1-2H3,(H,13,16);4-5H,3,8H2,1-2H3;2*1H3;3*1H/q+1;;;;;;;;;/p-1/t;10-;;;;;;;;/m.0......../s1/i;;;;;1D;;;;. The Morgan fingerprint density at radius 2 is 1.02 bits per heavy atom. The van der Waals surface area contributed by atoms with Crippen molar-refractivity contribution in [2.75, 3.05) is 37.6 Å². The molecule has 0 radical (unpaired) electrons. The zero-order valence-electron chi connectivity index (χ0n) is 55.0. The number of nitrogens with two attached hydrogens (primary N) is 1. The zero-order valence-corrected chi connectivity index (χ0v) is 66.2. The molecule has 0 spiro atoms. The van der Waals surface area contributed by atoms with Crippen LogP contribution in [0.2, 0.25) is 0 Å². The molecule has 4 N–H and O–H groups in total. The molecular formula is C58H88Cl2I3N17O6S5. The predicted octanol–water partition coefficient (Wildman–Crippen LogP) is 10.2. The molecule has 9 rings (SSSR count). The second-order valence-electron chi connectivity index (χ2n) is 21.0. The van der Waals surface area contributed by atoms with Crippen LogP contribution in [-0.2, 0) is 49.3 Å². The van der Waals surface area contributed by atoms with Gasteiger partial charge < -0.3 is 59.8 Å². The first-order chi connectivity index (χ1) is 42.3. The van der Waals surface area contributed by atoms with Gasteiger partial charge in [-0.2, -0.15) is 4.57 Å². The van der Waals surface area contributed by atoms with Gasteiger partial charge in [-0.3, -0.25) is 9.13 Å². The summed E-state index contributed by atoms with van der Waals surface area (Å²) in [6.45, 7) is 24.0. The number of hydrogen-bond donors (Lipinski definition) is 3. The zero-order chi connectivity index (χ0) is 66.3. The Labute approximate surface area is 614 Å². The minimum Gasteiger partial charge on any atom is -1.00 e. The molecule has 33 heteroatoms. The van der Waals surface area contributed by atoms with Crippen molar-refractivity contribution in [3.8, 4) is 0 Å². The average molecular weight is 1730 g/mol. The van der Waals surface area contributed by atoms with Crippen molar-refractivity contribution in [2.24, 2.45) is 12.8 Å². The monoisotopic (exact) mass is 1730 g/mol. The molecule has 9 heterocycles. The number of nitrogens with one attached hydrogen (secondary N) is 2. The molecule has 0 saturated carbocycles. The number of rotatable bonds is 15. The van der Waals surface area contributed by atoms with Crippen molar-refractivity contribution in [3.63, 3.8) is 0 Å². The minimum atomic E-state index is -0.522. The van der Waals surface area contributed by atoms with Gasteiger partial charge in [-0.05, 0) is 9.84 Å². The SMILES string of the molecule is CC(C)c1nc(CN(C)C(=O)N[C@H]2CCOC2=O)cs1.CC(C)c1nc(CN(C)C(=O)n2cc[n+](C)c2)cs1.CC(C)c1nc(CN(C)C(=O)n2ccnc2)cs1.CC(C)c1nc(CN)cs1.CC(C)c1nc(CNC(=O)n2ccnc2)cs1.CI.Cl.Cl.[2H]CI.[I-]. The van der Waals surface area contributed by atoms with Crippen molar-refractivity contribution in [1.82, 2.24) is 73.9 Å². The number of hydrogen-bond acceptors (Lipinski definition) is 19. The molecule has 23 nitrogen and oxygen atoms in total. The number of halogens is 5. The summed E-state index contributed by atoms with van der Waals surface area (Å²) in [6.07, 6.45) is 15.2. The molecule has 1 aliphatic rings. The number of esters is 1. The fourth-order valence-corrected chi connectivity index (χ4v) is 11.3. The molecule has 0 aliphatic carbocycles. The van der Waals surface area contributed by atoms with E-state index in [1.54, 1.807) is 130 Å². The number of thiazole rings is 5. The van der Waals surface area contributed by atoms with Crippen molar-refractivity contribution in [2.45, 2.75) is 144 Å². The molecule has 8 aromatic heterocycles. The summed E-state index contributed by atoms with van der Waals surface area (Å²) in [7, 11) is 7.12. The van der Waals surface area contributed by atoms with E-state index in [9.17, 15) is 24.0 Å². The van der Waals surface area contributed by atoms with Crippen molar-refractivity contribution in [1.29, 1.82) is 0 Å². The maximum absolute atomic E-state index is 12.2. The van der Waals surface area contributed by atoms with Crippen molar-refractivity contribution in [3.05, 3.63) is 137 Å². The molecule has 1 saturated heterocycles. The van der Waals surface area contributed by atoms with E-state index in [1.165, 1.54) is 31.7 Å². The van der Waals surface area contributed by atoms with Gasteiger partial charge >= 0.3 is 30.1 Å². The molecule has 0 aromatic carbocycles. The van der Waals surface area contributed by atoms with Crippen LogP contribution in [0.3, 0.4) is 0 Å². The Morgan fingerprint density at radius 3 is 1.36 bits per heavy atom. The van der Waals surface area contributed by atoms with Crippen LogP contribution >= 0.6 is 127 Å². The molecule has 1 fully saturated rings. The number of ether oxygens (including phenoxy) is 1. The van der Waals surface area contributed by atoms with Gasteiger partial charge in [0.2, 0.25) is 0 Å². The number of aryl methyl sites for hydroxylation is 1. The number of alkyl halides is 2. The van der Waals surface area contributed by atoms with Gasteiger partial charge in [0.1, 0.15) is 31.1 Å². The molecule has 1 aliphatic heterocycles. The number of cyclic esters (lactones) is 1. The lowest BCUT2D eigenvalue weighted by Gasteiger charge is -2.18. The first-order valence-electron chi connectivity index (χ1n) is 28.7. The van der Waals surface area contributed by atoms with Gasteiger partial charge in [-0.1, -0.05) is 114 Å². The summed E-state index contributed by atoms with van der Waals surface area (Å²) in [5.74, 6) is 1.86. The van der Waals surface area contributed by atoms with Crippen LogP contribution in [0.1, 0.15) is 160 Å². The maximum atomic E-state index is 12.2. The van der Waals surface area contributed by atoms with Crippen LogP contribution in [0.15, 0.2) is 83.1 Å². The summed E-state index contributed by atoms with van der Waals surface area (Å²) < 4.78 is 17.3. The lowest BCUT2D eigenvalue weighted by atomic mass is 10.2. The molecule has 1 atom stereocenters. The number of nitrogens with zero attached hydrogens (tertiary/aromatic N) is 14. The number of carbonyl (C=O) groups excluding carboxylic acids is 5. The summed E-state index contributed by atoms with van der Waals surface area (Å²) in [6, 6.07) is -1.16. The first kappa shape index (κ1) is 84.7.